The van der Waals surface area contributed by atoms with Gasteiger partial charge < -0.3 is 5.11 Å². The minimum Gasteiger partial charge on any atom is -0.392 e. The average Bonchev–Trinajstić information content (AvgIpc) is 3.38. The summed E-state index contributed by atoms with van der Waals surface area (Å²) in [5, 5.41) is 11.1. The highest BCUT2D eigenvalue weighted by Crippen LogP contribution is 2.42. The Morgan fingerprint density at radius 3 is 2.25 bits per heavy atom. The van der Waals surface area contributed by atoms with Gasteiger partial charge in [-0.15, -0.1) is 11.3 Å². The van der Waals surface area contributed by atoms with Crippen LogP contribution in [0.5, 0.6) is 0 Å². The molecule has 0 unspecified atom stereocenters. The molecule has 184 valence electrons. The number of rotatable bonds is 7. The van der Waals surface area contributed by atoms with E-state index in [4.69, 9.17) is 11.6 Å². The molecule has 2 aromatic carbocycles. The quantitative estimate of drug-likeness (QED) is 0.272. The molecule has 1 aliphatic carbocycles. The molecule has 1 N–H and O–H groups in total. The van der Waals surface area contributed by atoms with Gasteiger partial charge in [-0.1, -0.05) is 61.9 Å². The standard InChI is InChI=1S/C29H26ClNO4S/c30-20-15-13-19(14-16-20)26(33)25-23(17-32)24(12-6-9-18-7-2-1-3-8-18)36-29(25)31-27(34)21-10-4-5-11-22(21)28(31)35/h4-6,10-16,18,32H,1-3,7-9,17H2. The summed E-state index contributed by atoms with van der Waals surface area (Å²) < 4.78 is 0. The number of allylic oxidation sites excluding steroid dienone is 1. The predicted molar refractivity (Wildman–Crippen MR) is 143 cm³/mol. The summed E-state index contributed by atoms with van der Waals surface area (Å²) in [5.41, 5.74) is 1.58. The number of imide groups is 1. The molecule has 1 saturated carbocycles. The van der Waals surface area contributed by atoms with Crippen molar-refractivity contribution in [1.29, 1.82) is 0 Å². The molecule has 2 amide bonds. The number of aliphatic hydroxyl groups is 1. The van der Waals surface area contributed by atoms with Crippen molar-refractivity contribution in [2.24, 2.45) is 5.92 Å². The van der Waals surface area contributed by atoms with Crippen molar-refractivity contribution < 1.29 is 19.5 Å². The van der Waals surface area contributed by atoms with Crippen molar-refractivity contribution in [2.45, 2.75) is 45.1 Å². The third kappa shape index (κ3) is 4.57. The summed E-state index contributed by atoms with van der Waals surface area (Å²) in [7, 11) is 0. The van der Waals surface area contributed by atoms with E-state index in [1.807, 2.05) is 6.08 Å². The molecule has 0 bridgehead atoms. The molecule has 0 spiro atoms. The molecule has 36 heavy (non-hydrogen) atoms. The topological polar surface area (TPSA) is 74.7 Å². The van der Waals surface area contributed by atoms with Crippen LogP contribution >= 0.6 is 22.9 Å². The number of carbonyl (C=O) groups is 3. The van der Waals surface area contributed by atoms with E-state index >= 15 is 0 Å². The number of anilines is 1. The number of halogens is 1. The van der Waals surface area contributed by atoms with Crippen LogP contribution in [0, 0.1) is 5.92 Å². The van der Waals surface area contributed by atoms with Crippen LogP contribution < -0.4 is 4.90 Å². The molecule has 0 atom stereocenters. The maximum Gasteiger partial charge on any atom is 0.266 e. The van der Waals surface area contributed by atoms with Gasteiger partial charge in [0, 0.05) is 21.0 Å². The lowest BCUT2D eigenvalue weighted by Gasteiger charge is -2.19. The van der Waals surface area contributed by atoms with Crippen LogP contribution in [0.4, 0.5) is 5.00 Å². The molecule has 0 radical (unpaired) electrons. The van der Waals surface area contributed by atoms with E-state index in [9.17, 15) is 19.5 Å². The first-order valence-corrected chi connectivity index (χ1v) is 13.4. The van der Waals surface area contributed by atoms with Gasteiger partial charge in [0.1, 0.15) is 5.00 Å². The van der Waals surface area contributed by atoms with Gasteiger partial charge in [0.25, 0.3) is 11.8 Å². The Kier molecular flexibility index (Phi) is 7.19. The maximum absolute atomic E-state index is 13.7. The highest BCUT2D eigenvalue weighted by Gasteiger charge is 2.40. The summed E-state index contributed by atoms with van der Waals surface area (Å²) >= 11 is 7.20. The maximum atomic E-state index is 13.7. The van der Waals surface area contributed by atoms with Crippen LogP contribution in [0.1, 0.15) is 85.6 Å². The number of nitrogens with zero attached hydrogens (tertiary/aromatic N) is 1. The molecule has 5 nitrogen and oxygen atoms in total. The van der Waals surface area contributed by atoms with E-state index in [0.29, 0.717) is 38.1 Å². The third-order valence-corrected chi connectivity index (χ3v) is 8.41. The lowest BCUT2D eigenvalue weighted by Crippen LogP contribution is -2.30. The molecule has 5 rings (SSSR count). The minimum atomic E-state index is -0.468. The van der Waals surface area contributed by atoms with E-state index in [1.54, 1.807) is 48.5 Å². The van der Waals surface area contributed by atoms with Gasteiger partial charge in [-0.05, 0) is 54.8 Å². The zero-order valence-corrected chi connectivity index (χ0v) is 21.3. The van der Waals surface area contributed by atoms with E-state index < -0.39 is 18.4 Å². The fourth-order valence-corrected chi connectivity index (χ4v) is 6.43. The first-order chi connectivity index (χ1) is 17.5. The monoisotopic (exact) mass is 519 g/mol. The number of aliphatic hydroxyl groups excluding tert-OH is 1. The largest absolute Gasteiger partial charge is 0.392 e. The van der Waals surface area contributed by atoms with E-state index in [-0.39, 0.29) is 16.3 Å². The normalized spacial score (nSPS) is 16.2. The van der Waals surface area contributed by atoms with Gasteiger partial charge in [-0.2, -0.15) is 0 Å². The predicted octanol–water partition coefficient (Wildman–Crippen LogP) is 6.91. The summed E-state index contributed by atoms with van der Waals surface area (Å²) in [5.74, 6) is -0.669. The van der Waals surface area contributed by atoms with E-state index in [0.717, 1.165) is 11.3 Å². The summed E-state index contributed by atoms with van der Waals surface area (Å²) in [6.07, 6.45) is 11.1. The van der Waals surface area contributed by atoms with Crippen LogP contribution in [-0.4, -0.2) is 22.7 Å². The Morgan fingerprint density at radius 2 is 1.64 bits per heavy atom. The molecule has 0 saturated heterocycles. The lowest BCUT2D eigenvalue weighted by atomic mass is 9.87. The Bertz CT molecular complexity index is 1320. The number of fused-ring (bicyclic) bond motifs is 1. The summed E-state index contributed by atoms with van der Waals surface area (Å²) in [6, 6.07) is 13.1. The van der Waals surface area contributed by atoms with E-state index in [2.05, 4.69) is 6.08 Å². The number of carbonyl (C=O) groups excluding carboxylic acids is 3. The van der Waals surface area contributed by atoms with Gasteiger partial charge in [0.05, 0.1) is 23.3 Å². The number of hydrogen-bond donors (Lipinski definition) is 1. The molecule has 2 aliphatic rings. The molecular weight excluding hydrogens is 494 g/mol. The van der Waals surface area contributed by atoms with Crippen molar-refractivity contribution in [3.05, 3.63) is 92.3 Å². The SMILES string of the molecule is O=C(c1ccc(Cl)cc1)c1c(N2C(=O)c3ccccc3C2=O)sc(C=CCC2CCCCC2)c1CO. The lowest BCUT2D eigenvalue weighted by molar-refractivity contribution is 0.0927. The van der Waals surface area contributed by atoms with Crippen molar-refractivity contribution in [3.8, 4) is 0 Å². The van der Waals surface area contributed by atoms with Gasteiger partial charge in [0.2, 0.25) is 0 Å². The fourth-order valence-electron chi connectivity index (χ4n) is 5.06. The average molecular weight is 520 g/mol. The Labute approximate surface area is 219 Å². The zero-order valence-electron chi connectivity index (χ0n) is 19.7. The number of hydrogen-bond acceptors (Lipinski definition) is 5. The second-order valence-corrected chi connectivity index (χ2v) is 10.7. The van der Waals surface area contributed by atoms with E-state index in [1.165, 1.54) is 43.4 Å². The van der Waals surface area contributed by atoms with Crippen molar-refractivity contribution in [3.63, 3.8) is 0 Å². The van der Waals surface area contributed by atoms with Crippen LogP contribution in [0.25, 0.3) is 6.08 Å². The van der Waals surface area contributed by atoms with Crippen molar-refractivity contribution >= 4 is 51.6 Å². The molecule has 1 fully saturated rings. The summed E-state index contributed by atoms with van der Waals surface area (Å²) in [6.45, 7) is -0.391. The van der Waals surface area contributed by atoms with Gasteiger partial charge in [-0.3, -0.25) is 14.4 Å². The zero-order chi connectivity index (χ0) is 25.2. The number of amides is 2. The highest BCUT2D eigenvalue weighted by molar-refractivity contribution is 7.18. The van der Waals surface area contributed by atoms with Crippen LogP contribution in [0.2, 0.25) is 5.02 Å². The highest BCUT2D eigenvalue weighted by atomic mass is 35.5. The first kappa shape index (κ1) is 24.6. The first-order valence-electron chi connectivity index (χ1n) is 12.2. The van der Waals surface area contributed by atoms with Crippen LogP contribution in [0.3, 0.4) is 0 Å². The van der Waals surface area contributed by atoms with Crippen molar-refractivity contribution in [1.82, 2.24) is 0 Å². The van der Waals surface area contributed by atoms with Gasteiger partial charge >= 0.3 is 0 Å². The van der Waals surface area contributed by atoms with Crippen molar-refractivity contribution in [2.75, 3.05) is 4.90 Å². The molecule has 1 aromatic heterocycles. The fraction of sp³-hybridized carbons (Fsp3) is 0.276. The Hall–Kier alpha value is -3.06. The minimum absolute atomic E-state index is 0.177. The smallest absolute Gasteiger partial charge is 0.266 e. The second kappa shape index (κ2) is 10.5. The second-order valence-electron chi connectivity index (χ2n) is 9.25. The molecule has 3 aromatic rings. The number of benzene rings is 2. The Morgan fingerprint density at radius 1 is 1.00 bits per heavy atom. The molecule has 2 heterocycles. The molecular formula is C29H26ClNO4S. The van der Waals surface area contributed by atoms with Crippen LogP contribution in [0.15, 0.2) is 54.6 Å². The number of thiophene rings is 1. The summed E-state index contributed by atoms with van der Waals surface area (Å²) in [4.78, 5) is 42.1. The third-order valence-electron chi connectivity index (χ3n) is 6.97. The molecule has 1 aliphatic heterocycles. The Balaban J connectivity index is 1.58. The van der Waals surface area contributed by atoms with Crippen LogP contribution in [-0.2, 0) is 6.61 Å². The van der Waals surface area contributed by atoms with Gasteiger partial charge in [0.15, 0.2) is 5.78 Å². The number of ketones is 1. The molecule has 7 heteroatoms. The van der Waals surface area contributed by atoms with Gasteiger partial charge in [-0.25, -0.2) is 4.90 Å².